The molecule has 1 fully saturated rings. The van der Waals surface area contributed by atoms with Crippen LogP contribution in [0.3, 0.4) is 0 Å². The van der Waals surface area contributed by atoms with Crippen LogP contribution in [-0.4, -0.2) is 75.6 Å². The molecule has 4 rings (SSSR count). The van der Waals surface area contributed by atoms with Gasteiger partial charge in [0.25, 0.3) is 15.7 Å². The van der Waals surface area contributed by atoms with Gasteiger partial charge in [0.05, 0.1) is 29.7 Å². The van der Waals surface area contributed by atoms with Crippen LogP contribution in [0.25, 0.3) is 11.3 Å². The Hall–Kier alpha value is -3.26. The zero-order valence-electron chi connectivity index (χ0n) is 20.1. The third kappa shape index (κ3) is 5.75. The molecule has 0 bridgehead atoms. The van der Waals surface area contributed by atoms with Crippen LogP contribution in [0.15, 0.2) is 47.4 Å². The largest absolute Gasteiger partial charge is 0.493 e. The highest BCUT2D eigenvalue weighted by molar-refractivity contribution is 7.93. The first-order valence-electron chi connectivity index (χ1n) is 11.1. The molecule has 11 nitrogen and oxygen atoms in total. The Morgan fingerprint density at radius 1 is 1.08 bits per heavy atom. The van der Waals surface area contributed by atoms with Crippen molar-refractivity contribution >= 4 is 32.2 Å². The molecule has 1 saturated heterocycles. The second-order valence-electron chi connectivity index (χ2n) is 8.30. The van der Waals surface area contributed by atoms with Gasteiger partial charge in [0.15, 0.2) is 16.6 Å². The average Bonchev–Trinajstić information content (AvgIpc) is 3.26. The smallest absolute Gasteiger partial charge is 0.270 e. The molecule has 2 heterocycles. The topological polar surface area (TPSA) is 127 Å². The predicted molar refractivity (Wildman–Crippen MR) is 137 cm³/mol. The number of nitro benzene ring substituents is 1. The number of nitrogens with zero attached hydrogens (tertiary/aromatic N) is 4. The van der Waals surface area contributed by atoms with E-state index in [4.69, 9.17) is 9.47 Å². The van der Waals surface area contributed by atoms with Crippen LogP contribution in [0.5, 0.6) is 11.5 Å². The summed E-state index contributed by atoms with van der Waals surface area (Å²) in [4.78, 5) is 20.8. The summed E-state index contributed by atoms with van der Waals surface area (Å²) in [6.07, 6.45) is 0. The number of hydrogen-bond donors (Lipinski definition) is 1. The van der Waals surface area contributed by atoms with Crippen molar-refractivity contribution in [3.63, 3.8) is 0 Å². The molecule has 3 aromatic rings. The fourth-order valence-corrected chi connectivity index (χ4v) is 6.14. The molecule has 1 aliphatic rings. The van der Waals surface area contributed by atoms with Crippen LogP contribution in [-0.2, 0) is 16.6 Å². The van der Waals surface area contributed by atoms with Gasteiger partial charge in [-0.25, -0.2) is 13.4 Å². The molecule has 0 spiro atoms. The van der Waals surface area contributed by atoms with Crippen molar-refractivity contribution in [2.45, 2.75) is 11.4 Å². The molecule has 2 aromatic carbocycles. The van der Waals surface area contributed by atoms with Crippen molar-refractivity contribution in [2.24, 2.45) is 0 Å². The van der Waals surface area contributed by atoms with E-state index in [1.54, 1.807) is 12.1 Å². The lowest BCUT2D eigenvalue weighted by Crippen LogP contribution is -2.43. The van der Waals surface area contributed by atoms with E-state index in [2.05, 4.69) is 26.6 Å². The maximum absolute atomic E-state index is 13.1. The second-order valence-corrected chi connectivity index (χ2v) is 11.1. The van der Waals surface area contributed by atoms with Crippen molar-refractivity contribution in [3.05, 3.63) is 57.5 Å². The lowest BCUT2D eigenvalue weighted by atomic mass is 10.1. The highest BCUT2D eigenvalue weighted by atomic mass is 32.2. The van der Waals surface area contributed by atoms with Gasteiger partial charge in [-0.1, -0.05) is 23.5 Å². The molecule has 36 heavy (non-hydrogen) atoms. The van der Waals surface area contributed by atoms with Gasteiger partial charge in [-0.3, -0.25) is 19.7 Å². The number of benzene rings is 2. The van der Waals surface area contributed by atoms with Gasteiger partial charge in [-0.05, 0) is 19.2 Å². The molecule has 0 atom stereocenters. The molecule has 0 radical (unpaired) electrons. The lowest BCUT2D eigenvalue weighted by molar-refractivity contribution is -0.384. The van der Waals surface area contributed by atoms with E-state index < -0.39 is 14.9 Å². The molecular formula is C23H27N5O6S2. The standard InChI is InChI=1S/C23H27N5O6S2/c1-26-9-11-27(12-10-26)15-21-22(16-5-4-6-17(13-16)28(29)30)24-23(35-21)25-36(31,32)18-7-8-19(33-2)20(14-18)34-3/h4-8,13-14H,9-12,15H2,1-3H3,(H,24,25). The van der Waals surface area contributed by atoms with Crippen molar-refractivity contribution in [2.75, 3.05) is 52.2 Å². The average molecular weight is 534 g/mol. The van der Waals surface area contributed by atoms with Crippen molar-refractivity contribution < 1.29 is 22.8 Å². The highest BCUT2D eigenvalue weighted by Crippen LogP contribution is 2.36. The molecule has 0 unspecified atom stereocenters. The van der Waals surface area contributed by atoms with Gasteiger partial charge < -0.3 is 14.4 Å². The minimum atomic E-state index is -3.98. The number of hydrogen-bond acceptors (Lipinski definition) is 10. The summed E-state index contributed by atoms with van der Waals surface area (Å²) in [5.41, 5.74) is 1.02. The number of aromatic nitrogens is 1. The summed E-state index contributed by atoms with van der Waals surface area (Å²) >= 11 is 1.22. The van der Waals surface area contributed by atoms with E-state index in [9.17, 15) is 18.5 Å². The molecule has 13 heteroatoms. The van der Waals surface area contributed by atoms with Gasteiger partial charge in [0, 0.05) is 61.4 Å². The molecule has 1 N–H and O–H groups in total. The number of sulfonamides is 1. The highest BCUT2D eigenvalue weighted by Gasteiger charge is 2.24. The Morgan fingerprint density at radius 3 is 2.47 bits per heavy atom. The number of thiazole rings is 1. The number of nitro groups is 1. The first-order valence-corrected chi connectivity index (χ1v) is 13.4. The van der Waals surface area contributed by atoms with E-state index in [-0.39, 0.29) is 21.5 Å². The van der Waals surface area contributed by atoms with Gasteiger partial charge in [0.2, 0.25) is 0 Å². The Labute approximate surface area is 213 Å². The SMILES string of the molecule is COc1ccc(S(=O)(=O)Nc2nc(-c3cccc([N+](=O)[O-])c3)c(CN3CCN(C)CC3)s2)cc1OC. The summed E-state index contributed by atoms with van der Waals surface area (Å²) in [7, 11) is 0.983. The van der Waals surface area contributed by atoms with Crippen molar-refractivity contribution in [1.29, 1.82) is 0 Å². The van der Waals surface area contributed by atoms with E-state index in [0.717, 1.165) is 31.1 Å². The number of anilines is 1. The fourth-order valence-electron chi connectivity index (χ4n) is 3.86. The van der Waals surface area contributed by atoms with Gasteiger partial charge in [0.1, 0.15) is 0 Å². The Balaban J connectivity index is 1.68. The zero-order chi connectivity index (χ0) is 25.9. The molecular weight excluding hydrogens is 506 g/mol. The van der Waals surface area contributed by atoms with Crippen LogP contribution >= 0.6 is 11.3 Å². The minimum Gasteiger partial charge on any atom is -0.493 e. The van der Waals surface area contributed by atoms with Crippen LogP contribution in [0.4, 0.5) is 10.8 Å². The second kappa shape index (κ2) is 10.8. The number of nitrogens with one attached hydrogen (secondary N) is 1. The number of likely N-dealkylation sites (N-methyl/N-ethyl adjacent to an activating group) is 1. The predicted octanol–water partition coefficient (Wildman–Crippen LogP) is 3.28. The number of methoxy groups -OCH3 is 2. The Kier molecular flexibility index (Phi) is 7.73. The maximum Gasteiger partial charge on any atom is 0.270 e. The minimum absolute atomic E-state index is 0.00660. The van der Waals surface area contributed by atoms with E-state index >= 15 is 0 Å². The lowest BCUT2D eigenvalue weighted by Gasteiger charge is -2.32. The summed E-state index contributed by atoms with van der Waals surface area (Å²) in [5.74, 6) is 0.695. The Bertz CT molecular complexity index is 1350. The molecule has 1 aliphatic heterocycles. The summed E-state index contributed by atoms with van der Waals surface area (Å²) < 4.78 is 39.3. The summed E-state index contributed by atoms with van der Waals surface area (Å²) in [6.45, 7) is 4.11. The third-order valence-corrected chi connectivity index (χ3v) is 8.30. The van der Waals surface area contributed by atoms with E-state index in [1.807, 2.05) is 0 Å². The van der Waals surface area contributed by atoms with Gasteiger partial charge in [-0.15, -0.1) is 0 Å². The van der Waals surface area contributed by atoms with Crippen LogP contribution < -0.4 is 14.2 Å². The molecule has 0 aliphatic carbocycles. The number of piperazine rings is 1. The first kappa shape index (κ1) is 25.8. The fraction of sp³-hybridized carbons (Fsp3) is 0.348. The molecule has 1 aromatic heterocycles. The van der Waals surface area contributed by atoms with Crippen molar-refractivity contribution in [3.8, 4) is 22.8 Å². The summed E-state index contributed by atoms with van der Waals surface area (Å²) in [5, 5.41) is 11.5. The normalized spacial score (nSPS) is 15.0. The Morgan fingerprint density at radius 2 is 1.81 bits per heavy atom. The monoisotopic (exact) mass is 533 g/mol. The van der Waals surface area contributed by atoms with Crippen molar-refractivity contribution in [1.82, 2.24) is 14.8 Å². The summed E-state index contributed by atoms with van der Waals surface area (Å²) in [6, 6.07) is 10.5. The van der Waals surface area contributed by atoms with Crippen LogP contribution in [0, 0.1) is 10.1 Å². The quantitative estimate of drug-likeness (QED) is 0.326. The third-order valence-electron chi connectivity index (χ3n) is 5.88. The van der Waals surface area contributed by atoms with E-state index in [0.29, 0.717) is 23.6 Å². The number of rotatable bonds is 9. The van der Waals surface area contributed by atoms with E-state index in [1.165, 1.54) is 55.9 Å². The first-order chi connectivity index (χ1) is 17.2. The molecule has 192 valence electrons. The van der Waals surface area contributed by atoms with Gasteiger partial charge in [-0.2, -0.15) is 0 Å². The number of ether oxygens (including phenoxy) is 2. The molecule has 0 saturated carbocycles. The molecule has 0 amide bonds. The maximum atomic E-state index is 13.1. The zero-order valence-corrected chi connectivity index (χ0v) is 21.8. The van der Waals surface area contributed by atoms with Crippen LogP contribution in [0.2, 0.25) is 0 Å². The van der Waals surface area contributed by atoms with Crippen LogP contribution in [0.1, 0.15) is 4.88 Å². The number of non-ortho nitro benzene ring substituents is 1. The van der Waals surface area contributed by atoms with Gasteiger partial charge >= 0.3 is 0 Å².